The normalized spacial score (nSPS) is 29.4. The molecular weight excluding hydrogens is 270 g/mol. The number of aliphatic carboxylic acids is 1. The predicted octanol–water partition coefficient (Wildman–Crippen LogP) is 2.02. The Morgan fingerprint density at radius 3 is 2.60 bits per heavy atom. The highest BCUT2D eigenvalue weighted by Gasteiger charge is 2.48. The molecule has 2 amide bonds. The second kappa shape index (κ2) is 5.93. The number of amides is 2. The molecule has 114 valence electrons. The van der Waals surface area contributed by atoms with Crippen molar-refractivity contribution >= 4 is 12.0 Å². The maximum absolute atomic E-state index is 12.4. The zero-order valence-corrected chi connectivity index (χ0v) is 11.5. The van der Waals surface area contributed by atoms with Crippen molar-refractivity contribution in [2.45, 2.75) is 50.6 Å². The van der Waals surface area contributed by atoms with Gasteiger partial charge in [-0.05, 0) is 25.2 Å². The van der Waals surface area contributed by atoms with Crippen molar-refractivity contribution in [1.29, 1.82) is 0 Å². The number of hydrogen-bond donors (Lipinski definition) is 1. The van der Waals surface area contributed by atoms with Crippen molar-refractivity contribution in [3.8, 4) is 0 Å². The molecular formula is C13H20F2N2O3. The lowest BCUT2D eigenvalue weighted by Crippen LogP contribution is -2.51. The first-order valence-corrected chi connectivity index (χ1v) is 6.96. The molecule has 7 heteroatoms. The van der Waals surface area contributed by atoms with Crippen molar-refractivity contribution in [3.63, 3.8) is 0 Å². The highest BCUT2D eigenvalue weighted by molar-refractivity contribution is 5.83. The van der Waals surface area contributed by atoms with Crippen molar-refractivity contribution in [1.82, 2.24) is 9.80 Å². The number of carbonyl (C=O) groups is 2. The van der Waals surface area contributed by atoms with Crippen LogP contribution in [0.1, 0.15) is 32.1 Å². The van der Waals surface area contributed by atoms with Gasteiger partial charge in [-0.3, -0.25) is 0 Å². The molecule has 5 nitrogen and oxygen atoms in total. The van der Waals surface area contributed by atoms with E-state index < -0.39 is 31.0 Å². The number of carboxylic acids is 1. The standard InChI is InChI=1S/C13H20F2N2O3/c1-16(7-11(14)15)13(20)17-9-5-3-2-4-8(9)6-10(17)12(18)19/h8-11H,2-7H2,1H3,(H,18,19). The minimum atomic E-state index is -2.61. The smallest absolute Gasteiger partial charge is 0.326 e. The highest BCUT2D eigenvalue weighted by atomic mass is 19.3. The van der Waals surface area contributed by atoms with Gasteiger partial charge in [0.15, 0.2) is 0 Å². The zero-order valence-electron chi connectivity index (χ0n) is 11.5. The second-order valence-corrected chi connectivity index (χ2v) is 5.66. The van der Waals surface area contributed by atoms with Gasteiger partial charge >= 0.3 is 12.0 Å². The molecule has 0 aromatic heterocycles. The van der Waals surface area contributed by atoms with Gasteiger partial charge in [-0.15, -0.1) is 0 Å². The van der Waals surface area contributed by atoms with Crippen LogP contribution in [0.25, 0.3) is 0 Å². The van der Waals surface area contributed by atoms with E-state index in [1.54, 1.807) is 0 Å². The van der Waals surface area contributed by atoms with Crippen LogP contribution in [0.4, 0.5) is 13.6 Å². The quantitative estimate of drug-likeness (QED) is 0.865. The van der Waals surface area contributed by atoms with E-state index in [0.717, 1.165) is 30.6 Å². The number of carbonyl (C=O) groups excluding carboxylic acids is 1. The molecule has 2 aliphatic rings. The summed E-state index contributed by atoms with van der Waals surface area (Å²) in [5, 5.41) is 9.28. The molecule has 1 saturated carbocycles. The number of carboxylic acid groups (broad SMARTS) is 1. The van der Waals surface area contributed by atoms with E-state index in [4.69, 9.17) is 0 Å². The molecule has 0 spiro atoms. The van der Waals surface area contributed by atoms with Crippen molar-refractivity contribution < 1.29 is 23.5 Å². The van der Waals surface area contributed by atoms with Gasteiger partial charge in [0.25, 0.3) is 6.43 Å². The van der Waals surface area contributed by atoms with E-state index >= 15 is 0 Å². The molecule has 0 aromatic carbocycles. The van der Waals surface area contributed by atoms with Gasteiger partial charge in [0.05, 0.1) is 6.54 Å². The Labute approximate surface area is 116 Å². The van der Waals surface area contributed by atoms with Gasteiger partial charge in [-0.1, -0.05) is 12.8 Å². The summed E-state index contributed by atoms with van der Waals surface area (Å²) in [6, 6.07) is -1.58. The van der Waals surface area contributed by atoms with Crippen LogP contribution in [-0.2, 0) is 4.79 Å². The maximum atomic E-state index is 12.4. The third kappa shape index (κ3) is 2.86. The van der Waals surface area contributed by atoms with Crippen LogP contribution in [0.15, 0.2) is 0 Å². The lowest BCUT2D eigenvalue weighted by Gasteiger charge is -2.35. The van der Waals surface area contributed by atoms with Gasteiger partial charge in [0.1, 0.15) is 6.04 Å². The number of urea groups is 1. The Kier molecular flexibility index (Phi) is 4.45. The maximum Gasteiger partial charge on any atom is 0.326 e. The lowest BCUT2D eigenvalue weighted by molar-refractivity contribution is -0.141. The predicted molar refractivity (Wildman–Crippen MR) is 67.7 cm³/mol. The Morgan fingerprint density at radius 1 is 1.35 bits per heavy atom. The minimum Gasteiger partial charge on any atom is -0.480 e. The fourth-order valence-electron chi connectivity index (χ4n) is 3.44. The third-order valence-corrected chi connectivity index (χ3v) is 4.33. The number of halogens is 2. The first-order chi connectivity index (χ1) is 9.41. The van der Waals surface area contributed by atoms with Crippen LogP contribution in [0.3, 0.4) is 0 Å². The van der Waals surface area contributed by atoms with Crippen molar-refractivity contribution in [2.24, 2.45) is 5.92 Å². The highest BCUT2D eigenvalue weighted by Crippen LogP contribution is 2.40. The summed E-state index contributed by atoms with van der Waals surface area (Å²) in [7, 11) is 1.30. The average molecular weight is 290 g/mol. The number of alkyl halides is 2. The topological polar surface area (TPSA) is 60.9 Å². The second-order valence-electron chi connectivity index (χ2n) is 5.66. The molecule has 1 aliphatic carbocycles. The molecule has 2 rings (SSSR count). The van der Waals surface area contributed by atoms with Crippen LogP contribution in [-0.4, -0.2) is 59.0 Å². The van der Waals surface area contributed by atoms with Crippen LogP contribution in [0.2, 0.25) is 0 Å². The summed E-state index contributed by atoms with van der Waals surface area (Å²) in [5.74, 6) is -0.855. The van der Waals surface area contributed by atoms with Gasteiger partial charge in [0, 0.05) is 13.1 Å². The summed E-state index contributed by atoms with van der Waals surface area (Å²) < 4.78 is 24.8. The first-order valence-electron chi connectivity index (χ1n) is 6.96. The fraction of sp³-hybridized carbons (Fsp3) is 0.846. The molecule has 0 bridgehead atoms. The zero-order chi connectivity index (χ0) is 14.9. The fourth-order valence-corrected chi connectivity index (χ4v) is 3.44. The van der Waals surface area contributed by atoms with Gasteiger partial charge < -0.3 is 14.9 Å². The van der Waals surface area contributed by atoms with E-state index in [-0.39, 0.29) is 12.0 Å². The Balaban J connectivity index is 2.16. The largest absolute Gasteiger partial charge is 0.480 e. The number of hydrogen-bond acceptors (Lipinski definition) is 2. The van der Waals surface area contributed by atoms with Gasteiger partial charge in [-0.2, -0.15) is 0 Å². The van der Waals surface area contributed by atoms with E-state index in [2.05, 4.69) is 0 Å². The van der Waals surface area contributed by atoms with E-state index in [1.807, 2.05) is 0 Å². The molecule has 3 atom stereocenters. The number of likely N-dealkylation sites (tertiary alicyclic amines) is 1. The Hall–Kier alpha value is -1.40. The van der Waals surface area contributed by atoms with E-state index in [1.165, 1.54) is 11.9 Å². The van der Waals surface area contributed by atoms with Crippen molar-refractivity contribution in [3.05, 3.63) is 0 Å². The molecule has 2 fully saturated rings. The summed E-state index contributed by atoms with van der Waals surface area (Å²) in [4.78, 5) is 25.9. The third-order valence-electron chi connectivity index (χ3n) is 4.33. The van der Waals surface area contributed by atoms with Crippen LogP contribution >= 0.6 is 0 Å². The monoisotopic (exact) mass is 290 g/mol. The molecule has 3 unspecified atom stereocenters. The summed E-state index contributed by atoms with van der Waals surface area (Å²) in [6.45, 7) is -0.668. The number of fused-ring (bicyclic) bond motifs is 1. The summed E-state index contributed by atoms with van der Waals surface area (Å²) >= 11 is 0. The molecule has 1 aliphatic heterocycles. The first kappa shape index (κ1) is 15.0. The molecule has 1 heterocycles. The minimum absolute atomic E-state index is 0.113. The number of rotatable bonds is 3. The molecule has 0 radical (unpaired) electrons. The van der Waals surface area contributed by atoms with Gasteiger partial charge in [0.2, 0.25) is 0 Å². The van der Waals surface area contributed by atoms with Crippen LogP contribution in [0, 0.1) is 5.92 Å². The summed E-state index contributed by atoms with van der Waals surface area (Å²) in [5.41, 5.74) is 0. The van der Waals surface area contributed by atoms with Crippen LogP contribution < -0.4 is 0 Å². The SMILES string of the molecule is CN(CC(F)F)C(=O)N1C(C(=O)O)CC2CCCCC21. The lowest BCUT2D eigenvalue weighted by atomic mass is 9.85. The summed E-state index contributed by atoms with van der Waals surface area (Å²) in [6.07, 6.45) is 1.50. The molecule has 20 heavy (non-hydrogen) atoms. The van der Waals surface area contributed by atoms with Crippen LogP contribution in [0.5, 0.6) is 0 Å². The van der Waals surface area contributed by atoms with Gasteiger partial charge in [-0.25, -0.2) is 18.4 Å². The molecule has 1 N–H and O–H groups in total. The molecule has 0 aromatic rings. The Morgan fingerprint density at radius 2 is 2.00 bits per heavy atom. The van der Waals surface area contributed by atoms with E-state index in [0.29, 0.717) is 6.42 Å². The van der Waals surface area contributed by atoms with Crippen molar-refractivity contribution in [2.75, 3.05) is 13.6 Å². The molecule has 1 saturated heterocycles. The Bertz CT molecular complexity index is 392. The average Bonchev–Trinajstić information content (AvgIpc) is 2.76. The number of nitrogens with zero attached hydrogens (tertiary/aromatic N) is 2. The van der Waals surface area contributed by atoms with E-state index in [9.17, 15) is 23.5 Å².